The molecule has 0 fully saturated rings. The smallest absolute Gasteiger partial charge is 0.283 e. The highest BCUT2D eigenvalue weighted by Crippen LogP contribution is 2.15. The summed E-state index contributed by atoms with van der Waals surface area (Å²) in [5.74, 6) is 0. The van der Waals surface area contributed by atoms with Crippen LogP contribution in [0.3, 0.4) is 0 Å². The number of hydrogen-bond donors (Lipinski definition) is 1. The van der Waals surface area contributed by atoms with Crippen LogP contribution in [0.5, 0.6) is 0 Å². The molecule has 0 amide bonds. The van der Waals surface area contributed by atoms with Crippen LogP contribution in [0.25, 0.3) is 0 Å². The van der Waals surface area contributed by atoms with Gasteiger partial charge in [0, 0.05) is 26.3 Å². The highest BCUT2D eigenvalue weighted by Gasteiger charge is 2.07. The zero-order valence-corrected chi connectivity index (χ0v) is 13.9. The quantitative estimate of drug-likeness (QED) is 0.662. The van der Waals surface area contributed by atoms with Crippen LogP contribution in [0, 0.1) is 0 Å². The Balaban J connectivity index is 2.37. The van der Waals surface area contributed by atoms with E-state index in [1.165, 1.54) is 4.68 Å². The van der Waals surface area contributed by atoms with Crippen LogP contribution in [-0.4, -0.2) is 29.5 Å². The zero-order chi connectivity index (χ0) is 14.8. The van der Waals surface area contributed by atoms with E-state index in [1.807, 2.05) is 6.92 Å². The van der Waals surface area contributed by atoms with Gasteiger partial charge in [-0.3, -0.25) is 4.79 Å². The van der Waals surface area contributed by atoms with E-state index in [9.17, 15) is 4.79 Å². The van der Waals surface area contributed by atoms with Gasteiger partial charge in [0.15, 0.2) is 0 Å². The van der Waals surface area contributed by atoms with E-state index in [0.717, 1.165) is 51.1 Å². The second kappa shape index (κ2) is 9.94. The summed E-state index contributed by atoms with van der Waals surface area (Å²) in [6.07, 6.45) is 5.76. The van der Waals surface area contributed by atoms with Gasteiger partial charge in [0.05, 0.1) is 11.9 Å². The Morgan fingerprint density at radius 3 is 2.75 bits per heavy atom. The Morgan fingerprint density at radius 2 is 2.05 bits per heavy atom. The van der Waals surface area contributed by atoms with Gasteiger partial charge >= 0.3 is 0 Å². The van der Waals surface area contributed by atoms with Crippen LogP contribution in [0.2, 0.25) is 0 Å². The average molecular weight is 346 g/mol. The van der Waals surface area contributed by atoms with Gasteiger partial charge in [-0.25, -0.2) is 4.68 Å². The van der Waals surface area contributed by atoms with E-state index in [1.54, 1.807) is 6.20 Å². The lowest BCUT2D eigenvalue weighted by molar-refractivity contribution is 0.131. The van der Waals surface area contributed by atoms with Crippen molar-refractivity contribution in [2.75, 3.05) is 25.1 Å². The Hall–Kier alpha value is -0.880. The molecule has 0 bridgehead atoms. The number of nitrogens with zero attached hydrogens (tertiary/aromatic N) is 2. The van der Waals surface area contributed by atoms with E-state index in [0.29, 0.717) is 11.0 Å². The maximum Gasteiger partial charge on any atom is 0.283 e. The maximum atomic E-state index is 12.0. The molecule has 1 heterocycles. The van der Waals surface area contributed by atoms with Gasteiger partial charge in [-0.2, -0.15) is 5.10 Å². The summed E-state index contributed by atoms with van der Waals surface area (Å²) in [5, 5.41) is 7.36. The lowest BCUT2D eigenvalue weighted by Crippen LogP contribution is -2.24. The third-order valence-corrected chi connectivity index (χ3v) is 3.61. The van der Waals surface area contributed by atoms with Crippen molar-refractivity contribution in [2.24, 2.45) is 0 Å². The number of aromatic nitrogens is 2. The molecule has 20 heavy (non-hydrogen) atoms. The number of ether oxygens (including phenoxy) is 1. The first-order valence-corrected chi connectivity index (χ1v) is 8.07. The summed E-state index contributed by atoms with van der Waals surface area (Å²) in [4.78, 5) is 12.0. The summed E-state index contributed by atoms with van der Waals surface area (Å²) < 4.78 is 7.51. The van der Waals surface area contributed by atoms with Crippen molar-refractivity contribution in [3.8, 4) is 0 Å². The molecular formula is C14H24BrN3O2. The van der Waals surface area contributed by atoms with Crippen molar-refractivity contribution >= 4 is 21.6 Å². The molecule has 114 valence electrons. The predicted molar refractivity (Wildman–Crippen MR) is 85.3 cm³/mol. The normalized spacial score (nSPS) is 10.8. The number of rotatable bonds is 10. The topological polar surface area (TPSA) is 56.1 Å². The minimum atomic E-state index is -0.0870. The summed E-state index contributed by atoms with van der Waals surface area (Å²) in [6, 6.07) is 0. The Bertz CT molecular complexity index is 449. The molecule has 0 radical (unpaired) electrons. The molecule has 0 aromatic carbocycles. The summed E-state index contributed by atoms with van der Waals surface area (Å²) in [7, 11) is 0. The van der Waals surface area contributed by atoms with E-state index in [2.05, 4.69) is 33.3 Å². The minimum Gasteiger partial charge on any atom is -0.383 e. The second-order valence-corrected chi connectivity index (χ2v) is 5.44. The first-order valence-electron chi connectivity index (χ1n) is 7.27. The van der Waals surface area contributed by atoms with Gasteiger partial charge in [0.2, 0.25) is 0 Å². The van der Waals surface area contributed by atoms with Crippen LogP contribution >= 0.6 is 15.9 Å². The SMILES string of the molecule is CCCCOCCCNc1cnn(CCC)c(=O)c1Br. The fraction of sp³-hybridized carbons (Fsp3) is 0.714. The molecule has 0 spiro atoms. The highest BCUT2D eigenvalue weighted by atomic mass is 79.9. The molecule has 0 unspecified atom stereocenters. The molecule has 0 atom stereocenters. The standard InChI is InChI=1S/C14H24BrN3O2/c1-3-5-9-20-10-6-7-16-12-11-17-18(8-4-2)14(19)13(12)15/h11,16H,3-10H2,1-2H3. The van der Waals surface area contributed by atoms with Crippen molar-refractivity contribution in [3.05, 3.63) is 21.0 Å². The Labute approximate surface area is 128 Å². The number of nitrogens with one attached hydrogen (secondary N) is 1. The Kier molecular flexibility index (Phi) is 8.53. The molecule has 0 aliphatic heterocycles. The van der Waals surface area contributed by atoms with Crippen LogP contribution in [0.15, 0.2) is 15.5 Å². The van der Waals surface area contributed by atoms with Crippen LogP contribution in [-0.2, 0) is 11.3 Å². The summed E-state index contributed by atoms with van der Waals surface area (Å²) in [6.45, 7) is 7.15. The van der Waals surface area contributed by atoms with Crippen LogP contribution < -0.4 is 10.9 Å². The molecule has 1 aromatic rings. The largest absolute Gasteiger partial charge is 0.383 e. The van der Waals surface area contributed by atoms with Crippen molar-refractivity contribution in [2.45, 2.75) is 46.1 Å². The van der Waals surface area contributed by atoms with Crippen molar-refractivity contribution in [3.63, 3.8) is 0 Å². The van der Waals surface area contributed by atoms with Gasteiger partial charge in [-0.1, -0.05) is 20.3 Å². The van der Waals surface area contributed by atoms with Gasteiger partial charge in [0.25, 0.3) is 5.56 Å². The first kappa shape index (κ1) is 17.2. The number of aryl methyl sites for hydroxylation is 1. The van der Waals surface area contributed by atoms with Crippen LogP contribution in [0.1, 0.15) is 39.5 Å². The lowest BCUT2D eigenvalue weighted by atomic mass is 10.3. The predicted octanol–water partition coefficient (Wildman–Crippen LogP) is 3.03. The van der Waals surface area contributed by atoms with Gasteiger partial charge in [-0.15, -0.1) is 0 Å². The van der Waals surface area contributed by atoms with Crippen molar-refractivity contribution in [1.82, 2.24) is 9.78 Å². The molecule has 1 rings (SSSR count). The fourth-order valence-corrected chi connectivity index (χ4v) is 2.15. The van der Waals surface area contributed by atoms with Gasteiger partial charge < -0.3 is 10.1 Å². The number of halogens is 1. The molecule has 0 aliphatic carbocycles. The Morgan fingerprint density at radius 1 is 1.30 bits per heavy atom. The fourth-order valence-electron chi connectivity index (χ4n) is 1.71. The molecule has 0 saturated carbocycles. The zero-order valence-electron chi connectivity index (χ0n) is 12.3. The number of hydrogen-bond acceptors (Lipinski definition) is 4. The van der Waals surface area contributed by atoms with E-state index in [-0.39, 0.29) is 5.56 Å². The highest BCUT2D eigenvalue weighted by molar-refractivity contribution is 9.10. The van der Waals surface area contributed by atoms with E-state index >= 15 is 0 Å². The molecule has 1 N–H and O–H groups in total. The number of unbranched alkanes of at least 4 members (excludes halogenated alkanes) is 1. The van der Waals surface area contributed by atoms with Gasteiger partial charge in [0.1, 0.15) is 4.47 Å². The molecule has 1 aromatic heterocycles. The second-order valence-electron chi connectivity index (χ2n) is 4.65. The van der Waals surface area contributed by atoms with Crippen molar-refractivity contribution in [1.29, 1.82) is 0 Å². The molecular weight excluding hydrogens is 322 g/mol. The molecule has 5 nitrogen and oxygen atoms in total. The lowest BCUT2D eigenvalue weighted by Gasteiger charge is -2.10. The maximum absolute atomic E-state index is 12.0. The summed E-state index contributed by atoms with van der Waals surface area (Å²) in [5.41, 5.74) is 0.659. The summed E-state index contributed by atoms with van der Waals surface area (Å²) >= 11 is 3.34. The molecule has 0 aliphatic rings. The number of anilines is 1. The van der Waals surface area contributed by atoms with Crippen LogP contribution in [0.4, 0.5) is 5.69 Å². The minimum absolute atomic E-state index is 0.0870. The van der Waals surface area contributed by atoms with Gasteiger partial charge in [-0.05, 0) is 35.2 Å². The first-order chi connectivity index (χ1) is 9.70. The third-order valence-electron chi connectivity index (χ3n) is 2.84. The van der Waals surface area contributed by atoms with E-state index in [4.69, 9.17) is 4.74 Å². The molecule has 6 heteroatoms. The molecule has 0 saturated heterocycles. The monoisotopic (exact) mass is 345 g/mol. The van der Waals surface area contributed by atoms with Crippen molar-refractivity contribution < 1.29 is 4.74 Å². The average Bonchev–Trinajstić information content (AvgIpc) is 2.45. The third kappa shape index (κ3) is 5.63. The van der Waals surface area contributed by atoms with E-state index < -0.39 is 0 Å².